The lowest BCUT2D eigenvalue weighted by molar-refractivity contribution is -0.130. The highest BCUT2D eigenvalue weighted by Crippen LogP contribution is 2.25. The van der Waals surface area contributed by atoms with Crippen molar-refractivity contribution < 1.29 is 4.79 Å². The summed E-state index contributed by atoms with van der Waals surface area (Å²) in [6.07, 6.45) is 5.59. The maximum atomic E-state index is 12.5. The van der Waals surface area contributed by atoms with Crippen LogP contribution in [0.1, 0.15) is 30.4 Å². The van der Waals surface area contributed by atoms with Crippen molar-refractivity contribution in [3.05, 3.63) is 71.9 Å². The second-order valence-electron chi connectivity index (χ2n) is 7.24. The number of carbonyl (C=O) groups is 1. The Morgan fingerprint density at radius 3 is 2.41 bits per heavy atom. The average molecular weight is 359 g/mol. The molecule has 1 amide bonds. The van der Waals surface area contributed by atoms with E-state index in [1.54, 1.807) is 0 Å². The molecule has 1 aromatic heterocycles. The first-order valence-electron chi connectivity index (χ1n) is 9.69. The van der Waals surface area contributed by atoms with Gasteiger partial charge in [-0.1, -0.05) is 48.0 Å². The van der Waals surface area contributed by atoms with Gasteiger partial charge in [-0.3, -0.25) is 4.79 Å². The van der Waals surface area contributed by atoms with Crippen LogP contribution in [0, 0.1) is 6.92 Å². The van der Waals surface area contributed by atoms with Crippen molar-refractivity contribution in [1.82, 2.24) is 14.7 Å². The minimum atomic E-state index is 0.259. The number of rotatable bonds is 5. The van der Waals surface area contributed by atoms with Crippen LogP contribution >= 0.6 is 0 Å². The fourth-order valence-electron chi connectivity index (χ4n) is 3.63. The van der Waals surface area contributed by atoms with Crippen LogP contribution in [0.15, 0.2) is 60.8 Å². The van der Waals surface area contributed by atoms with E-state index in [4.69, 9.17) is 5.10 Å². The van der Waals surface area contributed by atoms with E-state index in [2.05, 4.69) is 37.4 Å². The van der Waals surface area contributed by atoms with Crippen LogP contribution < -0.4 is 0 Å². The van der Waals surface area contributed by atoms with E-state index in [0.717, 1.165) is 48.4 Å². The first kappa shape index (κ1) is 17.5. The summed E-state index contributed by atoms with van der Waals surface area (Å²) in [6.45, 7) is 3.90. The Balaban J connectivity index is 1.62. The molecule has 1 aliphatic rings. The second kappa shape index (κ2) is 7.78. The van der Waals surface area contributed by atoms with Gasteiger partial charge >= 0.3 is 0 Å². The normalized spacial score (nSPS) is 13.9. The lowest BCUT2D eigenvalue weighted by Crippen LogP contribution is -2.27. The molecule has 0 unspecified atom stereocenters. The molecule has 1 aliphatic heterocycles. The molecule has 3 aromatic rings. The zero-order chi connectivity index (χ0) is 18.6. The van der Waals surface area contributed by atoms with E-state index in [1.807, 2.05) is 39.9 Å². The maximum absolute atomic E-state index is 12.5. The summed E-state index contributed by atoms with van der Waals surface area (Å²) in [5, 5.41) is 4.85. The smallest absolute Gasteiger partial charge is 0.222 e. The van der Waals surface area contributed by atoms with E-state index in [0.29, 0.717) is 12.8 Å². The van der Waals surface area contributed by atoms with Crippen molar-refractivity contribution in [1.29, 1.82) is 0 Å². The fraction of sp³-hybridized carbons (Fsp3) is 0.304. The number of amides is 1. The predicted octanol–water partition coefficient (Wildman–Crippen LogP) is 4.40. The summed E-state index contributed by atoms with van der Waals surface area (Å²) in [6, 6.07) is 18.6. The fourth-order valence-corrected chi connectivity index (χ4v) is 3.63. The zero-order valence-electron chi connectivity index (χ0n) is 15.8. The molecule has 1 saturated heterocycles. The second-order valence-corrected chi connectivity index (χ2v) is 7.24. The monoisotopic (exact) mass is 359 g/mol. The number of aromatic nitrogens is 2. The van der Waals surface area contributed by atoms with Gasteiger partial charge in [-0.05, 0) is 43.9 Å². The Morgan fingerprint density at radius 2 is 1.70 bits per heavy atom. The quantitative estimate of drug-likeness (QED) is 0.677. The van der Waals surface area contributed by atoms with Gasteiger partial charge in [-0.2, -0.15) is 5.10 Å². The van der Waals surface area contributed by atoms with Crippen molar-refractivity contribution >= 4 is 5.91 Å². The molecule has 4 rings (SSSR count). The molecule has 0 N–H and O–H groups in total. The summed E-state index contributed by atoms with van der Waals surface area (Å²) in [5.41, 5.74) is 5.44. The van der Waals surface area contributed by atoms with Gasteiger partial charge in [-0.25, -0.2) is 4.68 Å². The standard InChI is InChI=1S/C23H25N3O/c1-18-9-11-19(12-10-18)23-20(13-14-22(27)25-15-5-6-16-25)17-26(24-23)21-7-3-2-4-8-21/h2-4,7-12,17H,5-6,13-16H2,1H3. The number of likely N-dealkylation sites (tertiary alicyclic amines) is 1. The van der Waals surface area contributed by atoms with E-state index >= 15 is 0 Å². The lowest BCUT2D eigenvalue weighted by atomic mass is 10.0. The van der Waals surface area contributed by atoms with Crippen molar-refractivity contribution in [3.8, 4) is 16.9 Å². The highest BCUT2D eigenvalue weighted by atomic mass is 16.2. The van der Waals surface area contributed by atoms with Crippen LogP contribution in [0.2, 0.25) is 0 Å². The Morgan fingerprint density at radius 1 is 1.00 bits per heavy atom. The number of benzene rings is 2. The molecule has 2 aromatic carbocycles. The van der Waals surface area contributed by atoms with Gasteiger partial charge in [0.2, 0.25) is 5.91 Å². The van der Waals surface area contributed by atoms with Gasteiger partial charge < -0.3 is 4.90 Å². The van der Waals surface area contributed by atoms with Gasteiger partial charge in [0.05, 0.1) is 11.4 Å². The van der Waals surface area contributed by atoms with E-state index < -0.39 is 0 Å². The van der Waals surface area contributed by atoms with Crippen LogP contribution in [-0.2, 0) is 11.2 Å². The largest absolute Gasteiger partial charge is 0.343 e. The number of hydrogen-bond donors (Lipinski definition) is 0. The van der Waals surface area contributed by atoms with Crippen LogP contribution in [0.4, 0.5) is 0 Å². The number of para-hydroxylation sites is 1. The highest BCUT2D eigenvalue weighted by Gasteiger charge is 2.19. The highest BCUT2D eigenvalue weighted by molar-refractivity contribution is 5.77. The molecular formula is C23H25N3O. The Bertz CT molecular complexity index is 907. The minimum absolute atomic E-state index is 0.259. The SMILES string of the molecule is Cc1ccc(-c2nn(-c3ccccc3)cc2CCC(=O)N2CCCC2)cc1. The number of carbonyl (C=O) groups excluding carboxylic acids is 1. The topological polar surface area (TPSA) is 38.1 Å². The third-order valence-electron chi connectivity index (χ3n) is 5.20. The van der Waals surface area contributed by atoms with Crippen LogP contribution in [0.25, 0.3) is 16.9 Å². The minimum Gasteiger partial charge on any atom is -0.343 e. The Labute approximate surface area is 160 Å². The first-order valence-corrected chi connectivity index (χ1v) is 9.69. The van der Waals surface area contributed by atoms with Gasteiger partial charge in [-0.15, -0.1) is 0 Å². The van der Waals surface area contributed by atoms with Gasteiger partial charge in [0.15, 0.2) is 0 Å². The van der Waals surface area contributed by atoms with E-state index in [9.17, 15) is 4.79 Å². The van der Waals surface area contributed by atoms with E-state index in [-0.39, 0.29) is 5.91 Å². The molecule has 0 saturated carbocycles. The molecule has 4 heteroatoms. The Kier molecular flexibility index (Phi) is 5.05. The third-order valence-corrected chi connectivity index (χ3v) is 5.20. The molecule has 2 heterocycles. The lowest BCUT2D eigenvalue weighted by Gasteiger charge is -2.14. The summed E-state index contributed by atoms with van der Waals surface area (Å²) in [7, 11) is 0. The zero-order valence-corrected chi connectivity index (χ0v) is 15.8. The van der Waals surface area contributed by atoms with Crippen molar-refractivity contribution in [2.24, 2.45) is 0 Å². The summed E-state index contributed by atoms with van der Waals surface area (Å²) >= 11 is 0. The summed E-state index contributed by atoms with van der Waals surface area (Å²) in [4.78, 5) is 14.5. The predicted molar refractivity (Wildman–Crippen MR) is 108 cm³/mol. The van der Waals surface area contributed by atoms with Gasteiger partial charge in [0.1, 0.15) is 0 Å². The van der Waals surface area contributed by atoms with Crippen molar-refractivity contribution in [2.45, 2.75) is 32.6 Å². The van der Waals surface area contributed by atoms with Gasteiger partial charge in [0.25, 0.3) is 0 Å². The Hall–Kier alpha value is -2.88. The molecule has 0 aliphatic carbocycles. The van der Waals surface area contributed by atoms with Crippen LogP contribution in [0.3, 0.4) is 0 Å². The third kappa shape index (κ3) is 3.95. The molecule has 138 valence electrons. The number of hydrogen-bond acceptors (Lipinski definition) is 2. The molecule has 0 spiro atoms. The molecule has 1 fully saturated rings. The molecule has 0 bridgehead atoms. The number of aryl methyl sites for hydroxylation is 2. The number of nitrogens with zero attached hydrogens (tertiary/aromatic N) is 3. The first-order chi connectivity index (χ1) is 13.2. The van der Waals surface area contributed by atoms with Crippen molar-refractivity contribution in [3.63, 3.8) is 0 Å². The van der Waals surface area contributed by atoms with E-state index in [1.165, 1.54) is 5.56 Å². The summed E-state index contributed by atoms with van der Waals surface area (Å²) in [5.74, 6) is 0.259. The van der Waals surface area contributed by atoms with Crippen molar-refractivity contribution in [2.75, 3.05) is 13.1 Å². The molecule has 0 radical (unpaired) electrons. The molecule has 27 heavy (non-hydrogen) atoms. The molecule has 4 nitrogen and oxygen atoms in total. The maximum Gasteiger partial charge on any atom is 0.222 e. The van der Waals surface area contributed by atoms with Crippen LogP contribution in [-0.4, -0.2) is 33.7 Å². The molecular weight excluding hydrogens is 334 g/mol. The molecule has 0 atom stereocenters. The van der Waals surface area contributed by atoms with Gasteiger partial charge in [0, 0.05) is 31.3 Å². The average Bonchev–Trinajstić information content (AvgIpc) is 3.38. The van der Waals surface area contributed by atoms with Crippen LogP contribution in [0.5, 0.6) is 0 Å². The summed E-state index contributed by atoms with van der Waals surface area (Å²) < 4.78 is 1.92.